The molecule has 5 aromatic rings. The number of benzene rings is 4. The molecule has 0 saturated heterocycles. The first-order chi connectivity index (χ1) is 15.4. The fourth-order valence-corrected chi connectivity index (χ4v) is 4.17. The average molecular weight is 400 g/mol. The SMILES string of the molecule is C(=C1Nc2ccccc2N1c1ccccc1)c1nc2ccccc2n1-c1ccccc1. The normalized spacial score (nSPS) is 14.1. The number of nitrogens with one attached hydrogen (secondary N) is 1. The van der Waals surface area contributed by atoms with Crippen LogP contribution in [-0.4, -0.2) is 9.55 Å². The standard InChI is InChI=1S/C27H20N4/c1-3-11-20(12-4-1)30-24-17-9-7-15-22(24)28-26(30)19-27-29-23-16-8-10-18-25(23)31(27)21-13-5-2-6-14-21/h1-19,28H. The quantitative estimate of drug-likeness (QED) is 0.371. The van der Waals surface area contributed by atoms with Gasteiger partial charge in [-0.3, -0.25) is 9.47 Å². The first-order valence-electron chi connectivity index (χ1n) is 10.3. The van der Waals surface area contributed by atoms with Gasteiger partial charge in [-0.25, -0.2) is 4.98 Å². The van der Waals surface area contributed by atoms with Crippen LogP contribution >= 0.6 is 0 Å². The van der Waals surface area contributed by atoms with Crippen LogP contribution in [0.1, 0.15) is 5.82 Å². The Hall–Kier alpha value is -4.31. The fraction of sp³-hybridized carbons (Fsp3) is 0. The third-order valence-corrected chi connectivity index (χ3v) is 5.53. The summed E-state index contributed by atoms with van der Waals surface area (Å²) in [6.07, 6.45) is 2.12. The number of hydrogen-bond donors (Lipinski definition) is 1. The summed E-state index contributed by atoms with van der Waals surface area (Å²) in [6, 6.07) is 37.4. The van der Waals surface area contributed by atoms with Crippen molar-refractivity contribution < 1.29 is 0 Å². The Bertz CT molecular complexity index is 1400. The number of imidazole rings is 1. The van der Waals surface area contributed by atoms with Gasteiger partial charge < -0.3 is 5.32 Å². The lowest BCUT2D eigenvalue weighted by atomic mass is 10.2. The first-order valence-corrected chi connectivity index (χ1v) is 10.3. The highest BCUT2D eigenvalue weighted by atomic mass is 15.3. The van der Waals surface area contributed by atoms with Gasteiger partial charge in [0.25, 0.3) is 0 Å². The molecule has 4 aromatic carbocycles. The van der Waals surface area contributed by atoms with Crippen LogP contribution in [0.2, 0.25) is 0 Å². The molecule has 31 heavy (non-hydrogen) atoms. The highest BCUT2D eigenvalue weighted by Crippen LogP contribution is 2.42. The number of fused-ring (bicyclic) bond motifs is 2. The van der Waals surface area contributed by atoms with Gasteiger partial charge in [0.1, 0.15) is 11.6 Å². The lowest BCUT2D eigenvalue weighted by Gasteiger charge is -2.20. The van der Waals surface area contributed by atoms with Gasteiger partial charge in [0.2, 0.25) is 0 Å². The van der Waals surface area contributed by atoms with E-state index in [2.05, 4.69) is 112 Å². The molecule has 4 nitrogen and oxygen atoms in total. The minimum absolute atomic E-state index is 0.878. The van der Waals surface area contributed by atoms with E-state index in [0.29, 0.717) is 0 Å². The van der Waals surface area contributed by atoms with Crippen LogP contribution in [0.3, 0.4) is 0 Å². The molecule has 0 bridgehead atoms. The van der Waals surface area contributed by atoms with E-state index >= 15 is 0 Å². The Morgan fingerprint density at radius 1 is 0.645 bits per heavy atom. The van der Waals surface area contributed by atoms with E-state index in [1.54, 1.807) is 0 Å². The molecule has 0 unspecified atom stereocenters. The molecule has 0 radical (unpaired) electrons. The number of para-hydroxylation sites is 6. The van der Waals surface area contributed by atoms with E-state index in [4.69, 9.17) is 4.98 Å². The summed E-state index contributed by atoms with van der Waals surface area (Å²) in [5.41, 5.74) is 6.46. The van der Waals surface area contributed by atoms with Crippen LogP contribution in [0, 0.1) is 0 Å². The maximum Gasteiger partial charge on any atom is 0.142 e. The third kappa shape index (κ3) is 2.97. The van der Waals surface area contributed by atoms with Gasteiger partial charge in [0.05, 0.1) is 22.4 Å². The van der Waals surface area contributed by atoms with Gasteiger partial charge in [-0.05, 0) is 48.5 Å². The summed E-state index contributed by atoms with van der Waals surface area (Å²) in [5, 5.41) is 3.59. The van der Waals surface area contributed by atoms with E-state index < -0.39 is 0 Å². The van der Waals surface area contributed by atoms with Gasteiger partial charge in [-0.1, -0.05) is 60.7 Å². The number of aromatic nitrogens is 2. The van der Waals surface area contributed by atoms with E-state index in [0.717, 1.165) is 45.4 Å². The van der Waals surface area contributed by atoms with E-state index in [9.17, 15) is 0 Å². The van der Waals surface area contributed by atoms with Crippen LogP contribution in [0.4, 0.5) is 17.1 Å². The molecule has 148 valence electrons. The zero-order chi connectivity index (χ0) is 20.6. The molecule has 0 spiro atoms. The molecular formula is C27H20N4. The predicted molar refractivity (Wildman–Crippen MR) is 128 cm³/mol. The van der Waals surface area contributed by atoms with Crippen molar-refractivity contribution in [2.24, 2.45) is 0 Å². The Labute approximate surface area is 180 Å². The lowest BCUT2D eigenvalue weighted by Crippen LogP contribution is -2.14. The minimum Gasteiger partial charge on any atom is -0.340 e. The molecule has 0 aliphatic carbocycles. The average Bonchev–Trinajstić information content (AvgIpc) is 3.38. The van der Waals surface area contributed by atoms with Crippen LogP contribution in [0.15, 0.2) is 115 Å². The molecule has 1 aromatic heterocycles. The highest BCUT2D eigenvalue weighted by Gasteiger charge is 2.25. The Morgan fingerprint density at radius 2 is 1.29 bits per heavy atom. The summed E-state index contributed by atoms with van der Waals surface area (Å²) >= 11 is 0. The van der Waals surface area contributed by atoms with Gasteiger partial charge in [-0.2, -0.15) is 0 Å². The maximum atomic E-state index is 4.96. The number of nitrogens with zero attached hydrogens (tertiary/aromatic N) is 3. The highest BCUT2D eigenvalue weighted by molar-refractivity contribution is 5.90. The van der Waals surface area contributed by atoms with Crippen LogP contribution in [0.25, 0.3) is 22.8 Å². The van der Waals surface area contributed by atoms with Crippen LogP contribution in [0.5, 0.6) is 0 Å². The predicted octanol–water partition coefficient (Wildman–Crippen LogP) is 6.59. The summed E-state index contributed by atoms with van der Waals surface area (Å²) in [6.45, 7) is 0. The summed E-state index contributed by atoms with van der Waals surface area (Å²) in [4.78, 5) is 7.20. The second kappa shape index (κ2) is 7.18. The Kier molecular flexibility index (Phi) is 4.06. The number of anilines is 3. The van der Waals surface area contributed by atoms with Gasteiger partial charge in [-0.15, -0.1) is 0 Å². The number of rotatable bonds is 3. The van der Waals surface area contributed by atoms with Crippen LogP contribution < -0.4 is 10.2 Å². The largest absolute Gasteiger partial charge is 0.340 e. The van der Waals surface area contributed by atoms with Crippen molar-refractivity contribution in [1.29, 1.82) is 0 Å². The Morgan fingerprint density at radius 3 is 2.10 bits per heavy atom. The van der Waals surface area contributed by atoms with Crippen molar-refractivity contribution >= 4 is 34.2 Å². The van der Waals surface area contributed by atoms with Gasteiger partial charge in [0.15, 0.2) is 0 Å². The van der Waals surface area contributed by atoms with Crippen molar-refractivity contribution in [2.45, 2.75) is 0 Å². The minimum atomic E-state index is 0.878. The second-order valence-corrected chi connectivity index (χ2v) is 7.47. The van der Waals surface area contributed by atoms with E-state index in [-0.39, 0.29) is 0 Å². The lowest BCUT2D eigenvalue weighted by molar-refractivity contribution is 1.06. The fourth-order valence-electron chi connectivity index (χ4n) is 4.17. The second-order valence-electron chi connectivity index (χ2n) is 7.47. The molecule has 1 N–H and O–H groups in total. The van der Waals surface area contributed by atoms with E-state index in [1.165, 1.54) is 0 Å². The third-order valence-electron chi connectivity index (χ3n) is 5.53. The summed E-state index contributed by atoms with van der Waals surface area (Å²) in [5.74, 6) is 1.85. The van der Waals surface area contributed by atoms with Crippen LogP contribution in [-0.2, 0) is 0 Å². The van der Waals surface area contributed by atoms with Gasteiger partial charge in [0, 0.05) is 17.5 Å². The molecule has 0 saturated carbocycles. The zero-order valence-corrected chi connectivity index (χ0v) is 16.8. The molecule has 0 fully saturated rings. The molecular weight excluding hydrogens is 380 g/mol. The molecule has 1 aliphatic heterocycles. The summed E-state index contributed by atoms with van der Waals surface area (Å²) < 4.78 is 2.20. The first kappa shape index (κ1) is 17.5. The van der Waals surface area contributed by atoms with Crippen molar-refractivity contribution in [3.63, 3.8) is 0 Å². The monoisotopic (exact) mass is 400 g/mol. The van der Waals surface area contributed by atoms with Crippen molar-refractivity contribution in [3.05, 3.63) is 121 Å². The van der Waals surface area contributed by atoms with Gasteiger partial charge >= 0.3 is 0 Å². The van der Waals surface area contributed by atoms with Crippen molar-refractivity contribution in [2.75, 3.05) is 10.2 Å². The molecule has 1 aliphatic rings. The molecule has 6 rings (SSSR count). The number of hydrogen-bond acceptors (Lipinski definition) is 3. The van der Waals surface area contributed by atoms with E-state index in [1.807, 2.05) is 18.2 Å². The van der Waals surface area contributed by atoms with Crippen molar-refractivity contribution in [3.8, 4) is 5.69 Å². The Balaban J connectivity index is 1.57. The maximum absolute atomic E-state index is 4.96. The topological polar surface area (TPSA) is 33.1 Å². The molecule has 2 heterocycles. The smallest absolute Gasteiger partial charge is 0.142 e. The van der Waals surface area contributed by atoms with Crippen molar-refractivity contribution in [1.82, 2.24) is 9.55 Å². The zero-order valence-electron chi connectivity index (χ0n) is 16.8. The molecule has 0 atom stereocenters. The molecule has 4 heteroatoms. The molecule has 0 amide bonds. The summed E-state index contributed by atoms with van der Waals surface area (Å²) in [7, 11) is 0.